The van der Waals surface area contributed by atoms with Crippen LogP contribution in [-0.2, 0) is 0 Å². The molecule has 2 heterocycles. The molecule has 0 spiro atoms. The lowest BCUT2D eigenvalue weighted by Gasteiger charge is -2.42. The van der Waals surface area contributed by atoms with E-state index in [4.69, 9.17) is 5.21 Å². The van der Waals surface area contributed by atoms with Gasteiger partial charge in [-0.1, -0.05) is 37.2 Å². The Morgan fingerprint density at radius 3 is 2.37 bits per heavy atom. The third kappa shape index (κ3) is 3.77. The largest absolute Gasteiger partial charge is 0.411 e. The van der Waals surface area contributed by atoms with Crippen molar-refractivity contribution in [3.8, 4) is 0 Å². The Labute approximate surface area is 162 Å². The minimum Gasteiger partial charge on any atom is -0.411 e. The average Bonchev–Trinajstić information content (AvgIpc) is 3.06. The van der Waals surface area contributed by atoms with Crippen molar-refractivity contribution < 1.29 is 5.21 Å². The molecular weight excluding hydrogens is 334 g/mol. The number of rotatable bonds is 4. The molecule has 146 valence electrons. The second-order valence-corrected chi connectivity index (χ2v) is 8.82. The van der Waals surface area contributed by atoms with Crippen molar-refractivity contribution in [1.82, 2.24) is 9.47 Å². The first-order valence-corrected chi connectivity index (χ1v) is 10.7. The first-order valence-electron chi connectivity index (χ1n) is 10.7. The third-order valence-corrected chi connectivity index (χ3v) is 7.03. The van der Waals surface area contributed by atoms with Crippen LogP contribution in [0.5, 0.6) is 0 Å². The molecular formula is C23H33N3O. The van der Waals surface area contributed by atoms with Gasteiger partial charge in [0.1, 0.15) is 0 Å². The summed E-state index contributed by atoms with van der Waals surface area (Å²) in [7, 11) is 0. The van der Waals surface area contributed by atoms with E-state index < -0.39 is 0 Å². The van der Waals surface area contributed by atoms with E-state index >= 15 is 0 Å². The summed E-state index contributed by atoms with van der Waals surface area (Å²) in [6.45, 7) is 7.13. The second-order valence-electron chi connectivity index (χ2n) is 8.82. The van der Waals surface area contributed by atoms with Gasteiger partial charge in [0.2, 0.25) is 0 Å². The molecule has 0 bridgehead atoms. The van der Waals surface area contributed by atoms with Crippen LogP contribution < -0.4 is 0 Å². The summed E-state index contributed by atoms with van der Waals surface area (Å²) in [5, 5.41) is 13.6. The molecule has 1 saturated heterocycles. The number of likely N-dealkylation sites (tertiary alicyclic amines) is 1. The van der Waals surface area contributed by atoms with Gasteiger partial charge in [-0.05, 0) is 62.5 Å². The molecule has 2 aromatic rings. The lowest BCUT2D eigenvalue weighted by atomic mass is 9.79. The molecule has 2 aliphatic rings. The molecule has 0 radical (unpaired) electrons. The quantitative estimate of drug-likeness (QED) is 0.452. The highest BCUT2D eigenvalue weighted by molar-refractivity contribution is 5.90. The van der Waals surface area contributed by atoms with E-state index in [0.717, 1.165) is 23.6 Å². The first-order chi connectivity index (χ1) is 13.2. The van der Waals surface area contributed by atoms with Crippen LogP contribution in [0, 0.1) is 11.8 Å². The molecule has 1 saturated carbocycles. The van der Waals surface area contributed by atoms with Gasteiger partial charge >= 0.3 is 0 Å². The van der Waals surface area contributed by atoms with E-state index in [1.807, 2.05) is 0 Å². The van der Waals surface area contributed by atoms with Gasteiger partial charge in [-0.3, -0.25) is 0 Å². The van der Waals surface area contributed by atoms with Gasteiger partial charge in [-0.2, -0.15) is 0 Å². The third-order valence-electron chi connectivity index (χ3n) is 7.03. The highest BCUT2D eigenvalue weighted by Gasteiger charge is 2.31. The zero-order valence-corrected chi connectivity index (χ0v) is 16.7. The Kier molecular flexibility index (Phi) is 5.53. The molecule has 0 amide bonds. The van der Waals surface area contributed by atoms with Crippen LogP contribution in [-0.4, -0.2) is 40.0 Å². The average molecular weight is 368 g/mol. The highest BCUT2D eigenvalue weighted by Crippen LogP contribution is 2.35. The second kappa shape index (κ2) is 8.05. The number of nitrogens with zero attached hydrogens (tertiary/aromatic N) is 3. The molecule has 4 heteroatoms. The monoisotopic (exact) mass is 367 g/mol. The molecule has 2 fully saturated rings. The fraction of sp³-hybridized carbons (Fsp3) is 0.609. The molecule has 4 nitrogen and oxygen atoms in total. The standard InChI is InChI=1S/C23H33N3O/c1-17(2)18-7-9-20(10-8-18)25-13-11-21(12-14-25)26-22(16-24-27)15-19-5-3-4-6-23(19)26/h3-6,15-18,20-21,27H,7-14H2,1-2H3. The molecule has 1 aliphatic heterocycles. The van der Waals surface area contributed by atoms with Crippen LogP contribution in [0.1, 0.15) is 64.1 Å². The van der Waals surface area contributed by atoms with Crippen LogP contribution >= 0.6 is 0 Å². The van der Waals surface area contributed by atoms with E-state index in [2.05, 4.69) is 58.8 Å². The summed E-state index contributed by atoms with van der Waals surface area (Å²) in [5.41, 5.74) is 2.26. The zero-order valence-electron chi connectivity index (χ0n) is 16.7. The van der Waals surface area contributed by atoms with Gasteiger partial charge in [0.05, 0.1) is 11.9 Å². The van der Waals surface area contributed by atoms with E-state index in [1.165, 1.54) is 62.5 Å². The lowest BCUT2D eigenvalue weighted by molar-refractivity contribution is 0.0893. The molecule has 1 aromatic heterocycles. The normalized spacial score (nSPS) is 25.7. The molecule has 0 atom stereocenters. The Balaban J connectivity index is 1.44. The van der Waals surface area contributed by atoms with Crippen LogP contribution in [0.2, 0.25) is 0 Å². The van der Waals surface area contributed by atoms with Gasteiger partial charge in [0.25, 0.3) is 0 Å². The van der Waals surface area contributed by atoms with Crippen molar-refractivity contribution in [1.29, 1.82) is 0 Å². The fourth-order valence-electron chi connectivity index (χ4n) is 5.41. The summed E-state index contributed by atoms with van der Waals surface area (Å²) in [4.78, 5) is 2.75. The van der Waals surface area contributed by atoms with Crippen LogP contribution in [0.3, 0.4) is 0 Å². The number of piperidine rings is 1. The summed E-state index contributed by atoms with van der Waals surface area (Å²) in [5.74, 6) is 1.77. The number of benzene rings is 1. The maximum atomic E-state index is 9.09. The van der Waals surface area contributed by atoms with Crippen molar-refractivity contribution in [2.24, 2.45) is 17.0 Å². The summed E-state index contributed by atoms with van der Waals surface area (Å²) in [6.07, 6.45) is 9.50. The van der Waals surface area contributed by atoms with Crippen LogP contribution in [0.15, 0.2) is 35.5 Å². The van der Waals surface area contributed by atoms with Gasteiger partial charge in [0.15, 0.2) is 0 Å². The number of fused-ring (bicyclic) bond motifs is 1. The molecule has 4 rings (SSSR count). The maximum Gasteiger partial charge on any atom is 0.0898 e. The van der Waals surface area contributed by atoms with Gasteiger partial charge in [-0.25, -0.2) is 0 Å². The summed E-state index contributed by atoms with van der Waals surface area (Å²) >= 11 is 0. The Morgan fingerprint density at radius 1 is 1.00 bits per heavy atom. The minimum atomic E-state index is 0.487. The number of hydrogen-bond donors (Lipinski definition) is 1. The maximum absolute atomic E-state index is 9.09. The predicted octanol–water partition coefficient (Wildman–Crippen LogP) is 5.30. The summed E-state index contributed by atoms with van der Waals surface area (Å²) < 4.78 is 2.39. The van der Waals surface area contributed by atoms with Crippen molar-refractivity contribution in [3.63, 3.8) is 0 Å². The van der Waals surface area contributed by atoms with Crippen molar-refractivity contribution in [2.45, 2.75) is 64.5 Å². The SMILES string of the molecule is CC(C)C1CCC(N2CCC(n3c(C=NO)cc4ccccc43)CC2)CC1. The van der Waals surface area contributed by atoms with Gasteiger partial charge in [0, 0.05) is 36.1 Å². The van der Waals surface area contributed by atoms with Crippen molar-refractivity contribution in [2.75, 3.05) is 13.1 Å². The van der Waals surface area contributed by atoms with E-state index in [9.17, 15) is 0 Å². The number of oxime groups is 1. The van der Waals surface area contributed by atoms with Crippen molar-refractivity contribution in [3.05, 3.63) is 36.0 Å². The molecule has 1 aliphatic carbocycles. The molecule has 0 unspecified atom stereocenters. The van der Waals surface area contributed by atoms with Crippen LogP contribution in [0.25, 0.3) is 10.9 Å². The zero-order chi connectivity index (χ0) is 18.8. The number of para-hydroxylation sites is 1. The van der Waals surface area contributed by atoms with E-state index in [0.29, 0.717) is 6.04 Å². The smallest absolute Gasteiger partial charge is 0.0898 e. The number of hydrogen-bond acceptors (Lipinski definition) is 3. The Hall–Kier alpha value is -1.81. The van der Waals surface area contributed by atoms with Crippen LogP contribution in [0.4, 0.5) is 0 Å². The minimum absolute atomic E-state index is 0.487. The lowest BCUT2D eigenvalue weighted by Crippen LogP contribution is -2.44. The van der Waals surface area contributed by atoms with Gasteiger partial charge < -0.3 is 14.7 Å². The summed E-state index contributed by atoms with van der Waals surface area (Å²) in [6, 6.07) is 11.9. The van der Waals surface area contributed by atoms with E-state index in [-0.39, 0.29) is 0 Å². The van der Waals surface area contributed by atoms with Crippen molar-refractivity contribution >= 4 is 17.1 Å². The highest BCUT2D eigenvalue weighted by atomic mass is 16.4. The Bertz CT molecular complexity index is 778. The predicted molar refractivity (Wildman–Crippen MR) is 112 cm³/mol. The first kappa shape index (κ1) is 18.5. The molecule has 27 heavy (non-hydrogen) atoms. The van der Waals surface area contributed by atoms with E-state index in [1.54, 1.807) is 6.21 Å². The molecule has 1 N–H and O–H groups in total. The van der Waals surface area contributed by atoms with Gasteiger partial charge in [-0.15, -0.1) is 0 Å². The fourth-order valence-corrected chi connectivity index (χ4v) is 5.41. The molecule has 1 aromatic carbocycles. The topological polar surface area (TPSA) is 40.8 Å². The number of aromatic nitrogens is 1. The Morgan fingerprint density at radius 2 is 1.70 bits per heavy atom.